The molecule has 0 fully saturated rings. The fourth-order valence-corrected chi connectivity index (χ4v) is 2.30. The Hall–Kier alpha value is -2.15. The van der Waals surface area contributed by atoms with Gasteiger partial charge >= 0.3 is 0 Å². The van der Waals surface area contributed by atoms with Crippen molar-refractivity contribution in [1.29, 1.82) is 0 Å². The molecule has 0 bridgehead atoms. The minimum absolute atomic E-state index is 0.0532. The SMILES string of the molecule is CCC(C(=O)N(CCO)Cc1cnc(C)[nH]1)n1cccn1. The maximum absolute atomic E-state index is 12.7. The summed E-state index contributed by atoms with van der Waals surface area (Å²) in [5.41, 5.74) is 0.851. The quantitative estimate of drug-likeness (QED) is 0.793. The zero-order chi connectivity index (χ0) is 15.2. The number of aromatic amines is 1. The van der Waals surface area contributed by atoms with Crippen molar-refractivity contribution >= 4 is 5.91 Å². The summed E-state index contributed by atoms with van der Waals surface area (Å²) in [5, 5.41) is 13.4. The van der Waals surface area contributed by atoms with E-state index in [1.54, 1.807) is 34.2 Å². The molecule has 2 rings (SSSR count). The van der Waals surface area contributed by atoms with Crippen molar-refractivity contribution in [3.63, 3.8) is 0 Å². The Balaban J connectivity index is 2.14. The average Bonchev–Trinajstić information content (AvgIpc) is 3.11. The number of imidazole rings is 1. The number of carbonyl (C=O) groups is 1. The second-order valence-corrected chi connectivity index (χ2v) is 4.89. The predicted octanol–water partition coefficient (Wildman–Crippen LogP) is 0.887. The van der Waals surface area contributed by atoms with Crippen LogP contribution in [0.1, 0.15) is 30.9 Å². The van der Waals surface area contributed by atoms with Gasteiger partial charge in [-0.2, -0.15) is 5.10 Å². The predicted molar refractivity (Wildman–Crippen MR) is 77.4 cm³/mol. The first-order chi connectivity index (χ1) is 10.2. The van der Waals surface area contributed by atoms with E-state index in [1.165, 1.54) is 0 Å². The third kappa shape index (κ3) is 3.69. The number of carbonyl (C=O) groups excluding carboxylic acids is 1. The molecule has 7 nitrogen and oxygen atoms in total. The van der Waals surface area contributed by atoms with Crippen LogP contribution >= 0.6 is 0 Å². The van der Waals surface area contributed by atoms with Crippen molar-refractivity contribution in [3.05, 3.63) is 36.2 Å². The van der Waals surface area contributed by atoms with Crippen LogP contribution < -0.4 is 0 Å². The number of aromatic nitrogens is 4. The molecule has 7 heteroatoms. The van der Waals surface area contributed by atoms with Gasteiger partial charge in [0, 0.05) is 18.9 Å². The van der Waals surface area contributed by atoms with Crippen LogP contribution in [0.2, 0.25) is 0 Å². The van der Waals surface area contributed by atoms with Crippen molar-refractivity contribution in [1.82, 2.24) is 24.6 Å². The van der Waals surface area contributed by atoms with Gasteiger partial charge in [-0.05, 0) is 19.4 Å². The average molecular weight is 291 g/mol. The van der Waals surface area contributed by atoms with Gasteiger partial charge in [-0.1, -0.05) is 6.92 Å². The molecule has 0 radical (unpaired) electrons. The van der Waals surface area contributed by atoms with E-state index >= 15 is 0 Å². The number of H-pyrrole nitrogens is 1. The van der Waals surface area contributed by atoms with Crippen LogP contribution in [0, 0.1) is 6.92 Å². The minimum Gasteiger partial charge on any atom is -0.395 e. The van der Waals surface area contributed by atoms with Gasteiger partial charge in [-0.15, -0.1) is 0 Å². The second kappa shape index (κ2) is 7.03. The smallest absolute Gasteiger partial charge is 0.247 e. The highest BCUT2D eigenvalue weighted by Crippen LogP contribution is 2.15. The van der Waals surface area contributed by atoms with Gasteiger partial charge in [0.2, 0.25) is 5.91 Å². The summed E-state index contributed by atoms with van der Waals surface area (Å²) in [6.07, 6.45) is 5.79. The molecular weight excluding hydrogens is 270 g/mol. The molecular formula is C14H21N5O2. The first-order valence-electron chi connectivity index (χ1n) is 7.05. The van der Waals surface area contributed by atoms with E-state index in [0.29, 0.717) is 13.0 Å². The largest absolute Gasteiger partial charge is 0.395 e. The summed E-state index contributed by atoms with van der Waals surface area (Å²) in [5.74, 6) is 0.753. The van der Waals surface area contributed by atoms with E-state index in [1.807, 2.05) is 13.8 Å². The number of hydrogen-bond acceptors (Lipinski definition) is 4. The van der Waals surface area contributed by atoms with Crippen LogP contribution in [0.25, 0.3) is 0 Å². The molecule has 2 N–H and O–H groups in total. The first kappa shape index (κ1) is 15.2. The molecule has 0 saturated carbocycles. The lowest BCUT2D eigenvalue weighted by Crippen LogP contribution is -2.38. The normalized spacial score (nSPS) is 12.3. The topological polar surface area (TPSA) is 87.0 Å². The molecule has 0 spiro atoms. The molecule has 2 aromatic heterocycles. The molecule has 0 aliphatic carbocycles. The Kier molecular flexibility index (Phi) is 5.10. The Labute approximate surface area is 123 Å². The maximum atomic E-state index is 12.7. The zero-order valence-corrected chi connectivity index (χ0v) is 12.4. The molecule has 21 heavy (non-hydrogen) atoms. The molecule has 1 atom stereocenters. The van der Waals surface area contributed by atoms with Crippen molar-refractivity contribution in [2.45, 2.75) is 32.9 Å². The number of hydrogen-bond donors (Lipinski definition) is 2. The standard InChI is InChI=1S/C14H21N5O2/c1-3-13(19-6-4-5-16-19)14(21)18(7-8-20)10-12-9-15-11(2)17-12/h4-6,9,13,20H,3,7-8,10H2,1-2H3,(H,15,17). The van der Waals surface area contributed by atoms with Gasteiger partial charge in [0.1, 0.15) is 11.9 Å². The fraction of sp³-hybridized carbons (Fsp3) is 0.500. The lowest BCUT2D eigenvalue weighted by molar-refractivity contribution is -0.136. The molecule has 2 heterocycles. The number of rotatable bonds is 7. The van der Waals surface area contributed by atoms with Gasteiger partial charge in [0.25, 0.3) is 0 Å². The van der Waals surface area contributed by atoms with Crippen LogP contribution in [0.4, 0.5) is 0 Å². The van der Waals surface area contributed by atoms with E-state index in [4.69, 9.17) is 0 Å². The summed E-state index contributed by atoms with van der Waals surface area (Å²) < 4.78 is 1.66. The molecule has 0 aliphatic heterocycles. The third-order valence-corrected chi connectivity index (χ3v) is 3.31. The number of aliphatic hydroxyl groups is 1. The van der Waals surface area contributed by atoms with Crippen molar-refractivity contribution < 1.29 is 9.90 Å². The molecule has 0 aromatic carbocycles. The van der Waals surface area contributed by atoms with Crippen LogP contribution in [0.15, 0.2) is 24.7 Å². The molecule has 0 saturated heterocycles. The lowest BCUT2D eigenvalue weighted by Gasteiger charge is -2.26. The number of nitrogens with one attached hydrogen (secondary N) is 1. The van der Waals surface area contributed by atoms with Crippen molar-refractivity contribution in [2.24, 2.45) is 0 Å². The summed E-state index contributed by atoms with van der Waals surface area (Å²) in [6.45, 7) is 4.42. The molecule has 0 aliphatic rings. The molecule has 1 amide bonds. The number of aryl methyl sites for hydroxylation is 1. The summed E-state index contributed by atoms with van der Waals surface area (Å²) >= 11 is 0. The molecule has 114 valence electrons. The molecule has 1 unspecified atom stereocenters. The minimum atomic E-state index is -0.351. The Morgan fingerprint density at radius 1 is 1.57 bits per heavy atom. The van der Waals surface area contributed by atoms with Gasteiger partial charge in [0.05, 0.1) is 25.0 Å². The fourth-order valence-electron chi connectivity index (χ4n) is 2.30. The van der Waals surface area contributed by atoms with E-state index in [-0.39, 0.29) is 25.1 Å². The van der Waals surface area contributed by atoms with Gasteiger partial charge in [-0.25, -0.2) is 4.98 Å². The van der Waals surface area contributed by atoms with Crippen LogP contribution in [-0.2, 0) is 11.3 Å². The summed E-state index contributed by atoms with van der Waals surface area (Å²) in [4.78, 5) is 21.6. The van der Waals surface area contributed by atoms with E-state index in [0.717, 1.165) is 11.5 Å². The highest BCUT2D eigenvalue weighted by atomic mass is 16.3. The number of aliphatic hydroxyl groups excluding tert-OH is 1. The summed E-state index contributed by atoms with van der Waals surface area (Å²) in [6, 6.07) is 1.44. The van der Waals surface area contributed by atoms with E-state index in [9.17, 15) is 9.90 Å². The van der Waals surface area contributed by atoms with Crippen LogP contribution in [0.3, 0.4) is 0 Å². The number of nitrogens with zero attached hydrogens (tertiary/aromatic N) is 4. The van der Waals surface area contributed by atoms with Crippen molar-refractivity contribution in [3.8, 4) is 0 Å². The monoisotopic (exact) mass is 291 g/mol. The zero-order valence-electron chi connectivity index (χ0n) is 12.4. The second-order valence-electron chi connectivity index (χ2n) is 4.89. The van der Waals surface area contributed by atoms with E-state index < -0.39 is 0 Å². The maximum Gasteiger partial charge on any atom is 0.247 e. The Bertz CT molecular complexity index is 564. The van der Waals surface area contributed by atoms with Crippen molar-refractivity contribution in [2.75, 3.05) is 13.2 Å². The molecule has 2 aromatic rings. The highest BCUT2D eigenvalue weighted by molar-refractivity contribution is 5.80. The van der Waals surface area contributed by atoms with E-state index in [2.05, 4.69) is 15.1 Å². The number of amides is 1. The van der Waals surface area contributed by atoms with Crippen LogP contribution in [-0.4, -0.2) is 48.8 Å². The Morgan fingerprint density at radius 2 is 2.38 bits per heavy atom. The third-order valence-electron chi connectivity index (χ3n) is 3.31. The Morgan fingerprint density at radius 3 is 2.90 bits per heavy atom. The van der Waals surface area contributed by atoms with Gasteiger partial charge < -0.3 is 15.0 Å². The summed E-state index contributed by atoms with van der Waals surface area (Å²) in [7, 11) is 0. The van der Waals surface area contributed by atoms with Gasteiger partial charge in [0.15, 0.2) is 0 Å². The van der Waals surface area contributed by atoms with Gasteiger partial charge in [-0.3, -0.25) is 9.48 Å². The van der Waals surface area contributed by atoms with Crippen LogP contribution in [0.5, 0.6) is 0 Å². The first-order valence-corrected chi connectivity index (χ1v) is 7.05. The lowest BCUT2D eigenvalue weighted by atomic mass is 10.2. The highest BCUT2D eigenvalue weighted by Gasteiger charge is 2.25.